The third-order valence-corrected chi connectivity index (χ3v) is 2.28. The average Bonchev–Trinajstić information content (AvgIpc) is 2.75. The Labute approximate surface area is 92.2 Å². The molecule has 2 rings (SSSR count). The predicted molar refractivity (Wildman–Crippen MR) is 60.4 cm³/mol. The fourth-order valence-electron chi connectivity index (χ4n) is 1.47. The number of methoxy groups -OCH3 is 1. The van der Waals surface area contributed by atoms with Crippen molar-refractivity contribution in [3.05, 3.63) is 29.8 Å². The lowest BCUT2D eigenvalue weighted by atomic mass is 10.1. The number of rotatable bonds is 3. The number of benzene rings is 1. The number of hydrogen-bond acceptors (Lipinski definition) is 4. The Morgan fingerprint density at radius 1 is 1.44 bits per heavy atom. The molecule has 5 heteroatoms. The quantitative estimate of drug-likeness (QED) is 0.763. The van der Waals surface area contributed by atoms with E-state index in [1.165, 1.54) is 0 Å². The van der Waals surface area contributed by atoms with Crippen LogP contribution < -0.4 is 10.5 Å². The molecule has 0 atom stereocenters. The summed E-state index contributed by atoms with van der Waals surface area (Å²) in [5, 5.41) is 6.58. The van der Waals surface area contributed by atoms with E-state index in [1.807, 2.05) is 0 Å². The first-order valence-electron chi connectivity index (χ1n) is 4.69. The molecule has 0 radical (unpaired) electrons. The van der Waals surface area contributed by atoms with Gasteiger partial charge in [0, 0.05) is 17.2 Å². The predicted octanol–water partition coefficient (Wildman–Crippen LogP) is 1.48. The number of H-pyrrole nitrogens is 1. The van der Waals surface area contributed by atoms with Crippen molar-refractivity contribution in [3.8, 4) is 17.0 Å². The monoisotopic (exact) mass is 217 g/mol. The Hall–Kier alpha value is -2.30. The SMILES string of the molecule is COc1ccc(C=O)c(-c2cc(N)n[nH]2)c1. The van der Waals surface area contributed by atoms with Gasteiger partial charge >= 0.3 is 0 Å². The zero-order chi connectivity index (χ0) is 11.5. The molecule has 1 heterocycles. The van der Waals surface area contributed by atoms with E-state index >= 15 is 0 Å². The van der Waals surface area contributed by atoms with Crippen LogP contribution in [0.4, 0.5) is 5.82 Å². The van der Waals surface area contributed by atoms with Crippen LogP contribution in [0.3, 0.4) is 0 Å². The second-order valence-electron chi connectivity index (χ2n) is 3.28. The van der Waals surface area contributed by atoms with E-state index in [0.717, 1.165) is 11.8 Å². The first-order valence-corrected chi connectivity index (χ1v) is 4.69. The minimum atomic E-state index is 0.384. The van der Waals surface area contributed by atoms with E-state index in [4.69, 9.17) is 10.5 Å². The van der Waals surface area contributed by atoms with Crippen molar-refractivity contribution in [1.82, 2.24) is 10.2 Å². The number of nitrogens with zero attached hydrogens (tertiary/aromatic N) is 1. The summed E-state index contributed by atoms with van der Waals surface area (Å²) in [5.41, 5.74) is 7.49. The number of nitrogens with one attached hydrogen (secondary N) is 1. The summed E-state index contributed by atoms with van der Waals surface area (Å²) in [4.78, 5) is 10.9. The van der Waals surface area contributed by atoms with Gasteiger partial charge in [0.1, 0.15) is 11.6 Å². The number of nitrogen functional groups attached to an aromatic ring is 1. The van der Waals surface area contributed by atoms with Crippen LogP contribution in [-0.4, -0.2) is 23.6 Å². The first kappa shape index (κ1) is 10.2. The maximum Gasteiger partial charge on any atom is 0.150 e. The number of aldehydes is 1. The van der Waals surface area contributed by atoms with Gasteiger partial charge in [-0.05, 0) is 18.2 Å². The number of carbonyl (C=O) groups excluding carboxylic acids is 1. The van der Waals surface area contributed by atoms with E-state index in [0.29, 0.717) is 22.8 Å². The highest BCUT2D eigenvalue weighted by molar-refractivity contribution is 5.87. The molecule has 0 saturated carbocycles. The van der Waals surface area contributed by atoms with E-state index in [1.54, 1.807) is 31.4 Å². The van der Waals surface area contributed by atoms with E-state index in [-0.39, 0.29) is 0 Å². The number of hydrogen-bond donors (Lipinski definition) is 2. The van der Waals surface area contributed by atoms with Crippen molar-refractivity contribution < 1.29 is 9.53 Å². The zero-order valence-electron chi connectivity index (χ0n) is 8.73. The summed E-state index contributed by atoms with van der Waals surface area (Å²) in [6.07, 6.45) is 0.784. The summed E-state index contributed by atoms with van der Waals surface area (Å²) >= 11 is 0. The maximum atomic E-state index is 10.9. The second kappa shape index (κ2) is 4.06. The topological polar surface area (TPSA) is 81.0 Å². The van der Waals surface area contributed by atoms with Crippen molar-refractivity contribution in [3.63, 3.8) is 0 Å². The van der Waals surface area contributed by atoms with Crippen LogP contribution >= 0.6 is 0 Å². The van der Waals surface area contributed by atoms with E-state index in [2.05, 4.69) is 10.2 Å². The Kier molecular flexibility index (Phi) is 2.59. The lowest BCUT2D eigenvalue weighted by molar-refractivity contribution is 0.112. The van der Waals surface area contributed by atoms with Crippen LogP contribution in [0.1, 0.15) is 10.4 Å². The molecule has 0 aliphatic rings. The van der Waals surface area contributed by atoms with Gasteiger partial charge in [0.15, 0.2) is 6.29 Å². The molecule has 0 aliphatic heterocycles. The van der Waals surface area contributed by atoms with Crippen molar-refractivity contribution in [2.45, 2.75) is 0 Å². The van der Waals surface area contributed by atoms with E-state index in [9.17, 15) is 4.79 Å². The summed E-state index contributed by atoms with van der Waals surface area (Å²) < 4.78 is 5.10. The maximum absolute atomic E-state index is 10.9. The molecule has 16 heavy (non-hydrogen) atoms. The lowest BCUT2D eigenvalue weighted by Gasteiger charge is -2.05. The summed E-state index contributed by atoms with van der Waals surface area (Å²) in [6, 6.07) is 6.85. The van der Waals surface area contributed by atoms with Gasteiger partial charge in [-0.15, -0.1) is 0 Å². The third-order valence-electron chi connectivity index (χ3n) is 2.28. The molecule has 1 aromatic carbocycles. The smallest absolute Gasteiger partial charge is 0.150 e. The van der Waals surface area contributed by atoms with Gasteiger partial charge in [0.25, 0.3) is 0 Å². The molecular formula is C11H11N3O2. The number of carbonyl (C=O) groups is 1. The van der Waals surface area contributed by atoms with Crippen LogP contribution in [0, 0.1) is 0 Å². The molecule has 0 bridgehead atoms. The van der Waals surface area contributed by atoms with Gasteiger partial charge in [-0.3, -0.25) is 9.89 Å². The molecule has 0 amide bonds. The van der Waals surface area contributed by atoms with Crippen LogP contribution in [-0.2, 0) is 0 Å². The normalized spacial score (nSPS) is 10.1. The molecule has 0 saturated heterocycles. The van der Waals surface area contributed by atoms with Gasteiger partial charge < -0.3 is 10.5 Å². The fraction of sp³-hybridized carbons (Fsp3) is 0.0909. The van der Waals surface area contributed by atoms with E-state index < -0.39 is 0 Å². The van der Waals surface area contributed by atoms with Crippen molar-refractivity contribution in [2.24, 2.45) is 0 Å². The van der Waals surface area contributed by atoms with Crippen LogP contribution in [0.25, 0.3) is 11.3 Å². The molecule has 82 valence electrons. The number of nitrogens with two attached hydrogens (primary N) is 1. The standard InChI is InChI=1S/C11H11N3O2/c1-16-8-3-2-7(6-15)9(4-8)10-5-11(12)14-13-10/h2-6H,1H3,(H3,12,13,14). The largest absolute Gasteiger partial charge is 0.497 e. The van der Waals surface area contributed by atoms with Gasteiger partial charge in [0.2, 0.25) is 0 Å². The molecule has 3 N–H and O–H groups in total. The Bertz CT molecular complexity index is 520. The fourth-order valence-corrected chi connectivity index (χ4v) is 1.47. The highest BCUT2D eigenvalue weighted by Crippen LogP contribution is 2.26. The third kappa shape index (κ3) is 1.75. The highest BCUT2D eigenvalue weighted by Gasteiger charge is 2.08. The van der Waals surface area contributed by atoms with Crippen LogP contribution in [0.5, 0.6) is 5.75 Å². The second-order valence-corrected chi connectivity index (χ2v) is 3.28. The van der Waals surface area contributed by atoms with Gasteiger partial charge in [0.05, 0.1) is 12.8 Å². The first-order chi connectivity index (χ1) is 7.74. The Morgan fingerprint density at radius 2 is 2.25 bits per heavy atom. The van der Waals surface area contributed by atoms with Gasteiger partial charge in [-0.25, -0.2) is 0 Å². The number of ether oxygens (including phenoxy) is 1. The molecule has 1 aromatic heterocycles. The number of aromatic nitrogens is 2. The molecule has 2 aromatic rings. The minimum absolute atomic E-state index is 0.384. The Balaban J connectivity index is 2.56. The Morgan fingerprint density at radius 3 is 2.81 bits per heavy atom. The number of aromatic amines is 1. The van der Waals surface area contributed by atoms with Gasteiger partial charge in [-0.1, -0.05) is 0 Å². The van der Waals surface area contributed by atoms with Crippen LogP contribution in [0.2, 0.25) is 0 Å². The number of anilines is 1. The molecule has 0 spiro atoms. The average molecular weight is 217 g/mol. The molecule has 0 unspecified atom stereocenters. The minimum Gasteiger partial charge on any atom is -0.497 e. The van der Waals surface area contributed by atoms with Crippen molar-refractivity contribution in [2.75, 3.05) is 12.8 Å². The van der Waals surface area contributed by atoms with Crippen molar-refractivity contribution >= 4 is 12.1 Å². The summed E-state index contributed by atoms with van der Waals surface area (Å²) in [6.45, 7) is 0. The zero-order valence-corrected chi connectivity index (χ0v) is 8.73. The van der Waals surface area contributed by atoms with Crippen molar-refractivity contribution in [1.29, 1.82) is 0 Å². The molecule has 0 fully saturated rings. The van der Waals surface area contributed by atoms with Crippen LogP contribution in [0.15, 0.2) is 24.3 Å². The highest BCUT2D eigenvalue weighted by atomic mass is 16.5. The van der Waals surface area contributed by atoms with Gasteiger partial charge in [-0.2, -0.15) is 5.10 Å². The molecule has 0 aliphatic carbocycles. The molecular weight excluding hydrogens is 206 g/mol. The molecule has 5 nitrogen and oxygen atoms in total. The summed E-state index contributed by atoms with van der Waals surface area (Å²) in [5.74, 6) is 1.06. The lowest BCUT2D eigenvalue weighted by Crippen LogP contribution is -1.90. The summed E-state index contributed by atoms with van der Waals surface area (Å²) in [7, 11) is 1.57.